The van der Waals surface area contributed by atoms with Crippen molar-refractivity contribution in [1.29, 1.82) is 0 Å². The maximum atomic E-state index is 13.6. The summed E-state index contributed by atoms with van der Waals surface area (Å²) < 4.78 is 48.3. The highest BCUT2D eigenvalue weighted by Crippen LogP contribution is 2.46. The van der Waals surface area contributed by atoms with Crippen molar-refractivity contribution in [3.8, 4) is 17.6 Å². The minimum atomic E-state index is -3.98. The number of fused-ring (bicyclic) bond motifs is 4. The highest BCUT2D eigenvalue weighted by molar-refractivity contribution is 7.90. The van der Waals surface area contributed by atoms with E-state index in [2.05, 4.69) is 37.3 Å². The van der Waals surface area contributed by atoms with Crippen LogP contribution in [0.15, 0.2) is 48.6 Å². The second-order valence-corrected chi connectivity index (χ2v) is 18.6. The maximum absolute atomic E-state index is 13.6. The minimum absolute atomic E-state index is 0.133. The number of morpholine rings is 1. The molecule has 1 N–H and O–H groups in total. The number of rotatable bonds is 3. The van der Waals surface area contributed by atoms with Gasteiger partial charge in [0.1, 0.15) is 18.0 Å². The lowest BCUT2D eigenvalue weighted by Gasteiger charge is -2.47. The fraction of sp³-hybridized carbons (Fsp3) is 0.605. The van der Waals surface area contributed by atoms with Crippen LogP contribution in [0.4, 0.5) is 5.69 Å². The van der Waals surface area contributed by atoms with Gasteiger partial charge in [-0.3, -0.25) is 14.6 Å². The van der Waals surface area contributed by atoms with Crippen LogP contribution in [0, 0.1) is 29.6 Å². The van der Waals surface area contributed by atoms with Crippen molar-refractivity contribution in [2.75, 3.05) is 71.0 Å². The van der Waals surface area contributed by atoms with Crippen molar-refractivity contribution in [2.24, 2.45) is 17.8 Å². The van der Waals surface area contributed by atoms with E-state index in [0.29, 0.717) is 29.8 Å². The molecule has 2 aromatic carbocycles. The van der Waals surface area contributed by atoms with Crippen LogP contribution in [0.3, 0.4) is 0 Å². The first-order valence-corrected chi connectivity index (χ1v) is 22.1. The Kier molecular flexibility index (Phi) is 12.8. The summed E-state index contributed by atoms with van der Waals surface area (Å²) in [4.78, 5) is 21.0. The summed E-state index contributed by atoms with van der Waals surface area (Å²) in [5, 5.41) is -0.0987. The van der Waals surface area contributed by atoms with Crippen LogP contribution in [0.25, 0.3) is 0 Å². The fourth-order valence-corrected chi connectivity index (χ4v) is 10.4. The molecule has 2 saturated heterocycles. The number of nitrogens with zero attached hydrogens (tertiary/aromatic N) is 3. The van der Waals surface area contributed by atoms with Crippen molar-refractivity contribution in [3.05, 3.63) is 70.3 Å². The van der Waals surface area contributed by atoms with Gasteiger partial charge in [0.2, 0.25) is 10.0 Å². The second kappa shape index (κ2) is 17.6. The number of piperazine rings is 1. The van der Waals surface area contributed by atoms with Gasteiger partial charge in [0.05, 0.1) is 24.2 Å². The zero-order valence-corrected chi connectivity index (χ0v) is 34.2. The summed E-state index contributed by atoms with van der Waals surface area (Å²) in [6.45, 7) is 12.0. The van der Waals surface area contributed by atoms with Gasteiger partial charge in [-0.2, -0.15) is 0 Å². The molecule has 55 heavy (non-hydrogen) atoms. The van der Waals surface area contributed by atoms with Crippen molar-refractivity contribution in [1.82, 2.24) is 14.5 Å². The number of ether oxygens (including phenoxy) is 3. The van der Waals surface area contributed by atoms with Gasteiger partial charge in [0, 0.05) is 81.9 Å². The highest BCUT2D eigenvalue weighted by Gasteiger charge is 2.47. The minimum Gasteiger partial charge on any atom is -0.487 e. The lowest BCUT2D eigenvalue weighted by molar-refractivity contribution is -0.0441. The molecular weight excluding hydrogens is 736 g/mol. The maximum Gasteiger partial charge on any atom is 0.264 e. The Morgan fingerprint density at radius 3 is 2.73 bits per heavy atom. The number of hydrogen-bond acceptors (Lipinski definition) is 9. The normalized spacial score (nSPS) is 31.0. The van der Waals surface area contributed by atoms with Crippen LogP contribution in [-0.4, -0.2) is 107 Å². The Hall–Kier alpha value is -3.11. The van der Waals surface area contributed by atoms with Crippen molar-refractivity contribution in [2.45, 2.75) is 82.3 Å². The van der Waals surface area contributed by atoms with Crippen LogP contribution in [0.5, 0.6) is 5.75 Å². The number of amides is 1. The number of carbonyl (C=O) groups excluding carboxylic acids is 1. The molecule has 1 amide bonds. The summed E-state index contributed by atoms with van der Waals surface area (Å²) in [5.41, 5.74) is 2.51. The molecular formula is C43H57ClN4O6S. The quantitative estimate of drug-likeness (QED) is 0.300. The first kappa shape index (κ1) is 40.1. The molecule has 7 rings (SSSR count). The fourth-order valence-electron chi connectivity index (χ4n) is 8.91. The number of anilines is 1. The molecule has 0 unspecified atom stereocenters. The molecule has 0 spiro atoms. The summed E-state index contributed by atoms with van der Waals surface area (Å²) in [6, 6.07) is 11.7. The summed E-state index contributed by atoms with van der Waals surface area (Å²) in [5.74, 6) is 7.35. The van der Waals surface area contributed by atoms with Gasteiger partial charge in [0.25, 0.3) is 5.91 Å². The molecule has 298 valence electrons. The molecule has 10 nitrogen and oxygen atoms in total. The number of benzene rings is 2. The third-order valence-corrected chi connectivity index (χ3v) is 14.9. The van der Waals surface area contributed by atoms with Gasteiger partial charge >= 0.3 is 0 Å². The molecule has 4 aliphatic heterocycles. The van der Waals surface area contributed by atoms with E-state index in [-0.39, 0.29) is 23.3 Å². The van der Waals surface area contributed by atoms with Crippen LogP contribution in [-0.2, 0) is 32.5 Å². The van der Waals surface area contributed by atoms with E-state index in [1.807, 2.05) is 31.2 Å². The molecule has 3 fully saturated rings. The van der Waals surface area contributed by atoms with E-state index in [1.165, 1.54) is 5.56 Å². The van der Waals surface area contributed by atoms with Gasteiger partial charge in [0.15, 0.2) is 0 Å². The van der Waals surface area contributed by atoms with Crippen LogP contribution in [0.1, 0.15) is 73.9 Å². The Morgan fingerprint density at radius 2 is 1.91 bits per heavy atom. The molecule has 4 heterocycles. The van der Waals surface area contributed by atoms with Crippen molar-refractivity contribution in [3.63, 3.8) is 0 Å². The number of allylic oxidation sites excluding steroid dienone is 1. The first-order valence-electron chi connectivity index (χ1n) is 20.2. The third kappa shape index (κ3) is 9.22. The van der Waals surface area contributed by atoms with E-state index in [1.54, 1.807) is 32.2 Å². The summed E-state index contributed by atoms with van der Waals surface area (Å²) in [6.07, 6.45) is 10.1. The monoisotopic (exact) mass is 792 g/mol. The Balaban J connectivity index is 1.20. The summed E-state index contributed by atoms with van der Waals surface area (Å²) >= 11 is 6.40. The molecule has 12 heteroatoms. The predicted molar refractivity (Wildman–Crippen MR) is 217 cm³/mol. The number of sulfonamides is 1. The van der Waals surface area contributed by atoms with E-state index < -0.39 is 26.8 Å². The highest BCUT2D eigenvalue weighted by atomic mass is 35.5. The van der Waals surface area contributed by atoms with Gasteiger partial charge < -0.3 is 19.1 Å². The number of aryl methyl sites for hydroxylation is 1. The molecule has 5 aliphatic rings. The smallest absolute Gasteiger partial charge is 0.264 e. The van der Waals surface area contributed by atoms with Crippen LogP contribution >= 0.6 is 11.6 Å². The first-order chi connectivity index (χ1) is 26.5. The standard InChI is InChI=1S/C43H57ClN4O6S/c1-31-9-8-18-43(52-3,17-5-7-19-46-21-22-47-23-24-53-30-38(47)28-46)39-15-12-35(39)27-48-20-6-4-10-33-25-37(44)14-11-36(33)29-54-41-16-13-34(26-40(41)48)42(49)45-55(50,51)32(31)2/h8,11,13-14,16,18,25-26,31-32,35,38-39H,4,6-7,9-10,12,15,19-24,27-30H2,1-3H3,(H,45,49)/b18-8+/t31-,32+,35-,38-,39+,43-/m0/s1. The third-order valence-electron chi connectivity index (χ3n) is 12.8. The molecule has 2 bridgehead atoms. The number of nitrogens with one attached hydrogen (secondary N) is 1. The average molecular weight is 793 g/mol. The lowest BCUT2D eigenvalue weighted by atomic mass is 9.64. The Morgan fingerprint density at radius 1 is 1.04 bits per heavy atom. The van der Waals surface area contributed by atoms with E-state index in [9.17, 15) is 13.2 Å². The van der Waals surface area contributed by atoms with Gasteiger partial charge in [-0.15, -0.1) is 0 Å². The zero-order valence-electron chi connectivity index (χ0n) is 32.6. The summed E-state index contributed by atoms with van der Waals surface area (Å²) in [7, 11) is -2.22. The Bertz CT molecular complexity index is 1900. The lowest BCUT2D eigenvalue weighted by Crippen LogP contribution is -2.58. The van der Waals surface area contributed by atoms with Crippen molar-refractivity contribution >= 4 is 33.2 Å². The molecule has 0 aromatic heterocycles. The van der Waals surface area contributed by atoms with Gasteiger partial charge in [-0.25, -0.2) is 13.1 Å². The predicted octanol–water partition coefficient (Wildman–Crippen LogP) is 5.93. The zero-order chi connectivity index (χ0) is 38.6. The van der Waals surface area contributed by atoms with Crippen molar-refractivity contribution < 1.29 is 27.4 Å². The van der Waals surface area contributed by atoms with Gasteiger partial charge in [-0.1, -0.05) is 42.5 Å². The number of hydrogen-bond donors (Lipinski definition) is 1. The van der Waals surface area contributed by atoms with Crippen LogP contribution in [0.2, 0.25) is 5.02 Å². The Labute approximate surface area is 332 Å². The molecule has 6 atom stereocenters. The van der Waals surface area contributed by atoms with E-state index >= 15 is 0 Å². The van der Waals surface area contributed by atoms with Crippen LogP contribution < -0.4 is 14.4 Å². The molecule has 1 saturated carbocycles. The van der Waals surface area contributed by atoms with E-state index in [4.69, 9.17) is 25.8 Å². The number of methoxy groups -OCH3 is 1. The largest absolute Gasteiger partial charge is 0.487 e. The average Bonchev–Trinajstić information content (AvgIpc) is 3.20. The topological polar surface area (TPSA) is 101 Å². The second-order valence-electron chi connectivity index (χ2n) is 16.1. The molecule has 2 aromatic rings. The molecule has 0 radical (unpaired) electrons. The SMILES string of the molecule is CO[C@@]1(C#CCCN2CCN3CCOC[C@@H]3C2)/C=C/C[C@H](C)[C@@H](C)S(=O)(=O)NC(=O)c2ccc3c(c2)N(CCCCc2cc(Cl)ccc2CO3)C[C@@H]2CC[C@H]21. The van der Waals surface area contributed by atoms with Gasteiger partial charge in [-0.05, 0) is 105 Å². The van der Waals surface area contributed by atoms with E-state index in [0.717, 1.165) is 109 Å². The molecule has 1 aliphatic carbocycles. The number of carbonyl (C=O) groups is 1. The number of halogens is 1.